The molecule has 0 aromatic carbocycles. The van der Waals surface area contributed by atoms with Crippen molar-refractivity contribution >= 4 is 19.8 Å². The van der Waals surface area contributed by atoms with Gasteiger partial charge in [0, 0.05) is 5.69 Å². The number of carbonyl (C=O) groups is 1. The van der Waals surface area contributed by atoms with Gasteiger partial charge in [-0.1, -0.05) is 0 Å². The lowest BCUT2D eigenvalue weighted by Crippen LogP contribution is -2.10. The summed E-state index contributed by atoms with van der Waals surface area (Å²) in [5, 5.41) is 0.551. The number of nitrogen functional groups attached to an aromatic ring is 1. The van der Waals surface area contributed by atoms with Gasteiger partial charge in [0.1, 0.15) is 0 Å². The van der Waals surface area contributed by atoms with Crippen molar-refractivity contribution in [2.75, 3.05) is 5.73 Å². The van der Waals surface area contributed by atoms with Gasteiger partial charge in [0.15, 0.2) is 0 Å². The summed E-state index contributed by atoms with van der Waals surface area (Å²) in [6.07, 6.45) is 0. The molecule has 9 heavy (non-hydrogen) atoms. The zero-order valence-corrected chi connectivity index (χ0v) is 5.72. The second-order valence-corrected chi connectivity index (χ2v) is 2.79. The van der Waals surface area contributed by atoms with Crippen molar-refractivity contribution in [3.63, 3.8) is 0 Å². The van der Waals surface area contributed by atoms with E-state index in [0.29, 0.717) is 19.2 Å². The van der Waals surface area contributed by atoms with Gasteiger partial charge in [-0.15, -0.1) is 8.19 Å². The molecule has 1 heterocycles. The molecular formula is C5H7N2OP. The normalized spacial score (nSPS) is 10.2. The first kappa shape index (κ1) is 6.17. The predicted octanol–water partition coefficient (Wildman–Crippen LogP) is 0.399. The highest BCUT2D eigenvalue weighted by Gasteiger charge is 2.02. The van der Waals surface area contributed by atoms with E-state index >= 15 is 0 Å². The fraction of sp³-hybridized carbons (Fsp3) is 0. The Morgan fingerprint density at radius 1 is 1.67 bits per heavy atom. The van der Waals surface area contributed by atoms with E-state index in [-0.39, 0.29) is 0 Å². The highest BCUT2D eigenvalue weighted by atomic mass is 31.0. The lowest BCUT2D eigenvalue weighted by Gasteiger charge is -1.89. The van der Waals surface area contributed by atoms with E-state index in [1.54, 1.807) is 6.07 Å². The van der Waals surface area contributed by atoms with Gasteiger partial charge >= 0.3 is 0 Å². The van der Waals surface area contributed by atoms with E-state index in [0.717, 1.165) is 0 Å². The molecule has 48 valence electrons. The highest BCUT2D eigenvalue weighted by Crippen LogP contribution is 2.22. The van der Waals surface area contributed by atoms with Crippen LogP contribution in [0.3, 0.4) is 0 Å². The molecule has 3 nitrogen and oxygen atoms in total. The molecule has 1 atom stereocenters. The zero-order chi connectivity index (χ0) is 6.85. The Kier molecular flexibility index (Phi) is 1.45. The summed E-state index contributed by atoms with van der Waals surface area (Å²) >= 11 is 0. The Bertz CT molecular complexity index is 231. The molecule has 0 aliphatic heterocycles. The van der Waals surface area contributed by atoms with Gasteiger partial charge in [0.25, 0.3) is 5.91 Å². The number of hydrogen-bond acceptors (Lipinski definition) is 2. The van der Waals surface area contributed by atoms with Crippen LogP contribution < -0.4 is 11.5 Å². The Morgan fingerprint density at radius 3 is 2.56 bits per heavy atom. The van der Waals surface area contributed by atoms with Crippen LogP contribution >= 0.6 is 8.19 Å². The molecule has 1 aromatic heterocycles. The minimum Gasteiger partial charge on any atom is -0.398 e. The zero-order valence-electron chi connectivity index (χ0n) is 4.72. The van der Waals surface area contributed by atoms with Crippen LogP contribution in [0, 0.1) is 0 Å². The van der Waals surface area contributed by atoms with Gasteiger partial charge in [-0.2, -0.15) is 0 Å². The van der Waals surface area contributed by atoms with Crippen LogP contribution in [-0.4, -0.2) is 5.91 Å². The average molecular weight is 142 g/mol. The Hall–Kier alpha value is -0.950. The van der Waals surface area contributed by atoms with Crippen LogP contribution in [0.2, 0.25) is 0 Å². The van der Waals surface area contributed by atoms with Crippen LogP contribution in [0.15, 0.2) is 11.9 Å². The third-order valence-corrected chi connectivity index (χ3v) is 2.18. The van der Waals surface area contributed by atoms with Gasteiger partial charge in [-0.3, -0.25) is 4.79 Å². The number of nitrogens with two attached hydrogens (primary N) is 2. The lowest BCUT2D eigenvalue weighted by atomic mass is 10.4. The summed E-state index contributed by atoms with van der Waals surface area (Å²) < 4.78 is 0. The van der Waals surface area contributed by atoms with Gasteiger partial charge in [0.2, 0.25) is 0 Å². The first-order valence-corrected chi connectivity index (χ1v) is 3.52. The molecule has 1 unspecified atom stereocenters. The van der Waals surface area contributed by atoms with Crippen molar-refractivity contribution in [1.29, 1.82) is 0 Å². The molecule has 0 radical (unpaired) electrons. The number of anilines is 1. The average Bonchev–Trinajstić information content (AvgIpc) is 2.13. The second kappa shape index (κ2) is 2.11. The fourth-order valence-electron chi connectivity index (χ4n) is 0.595. The molecule has 0 bridgehead atoms. The van der Waals surface area contributed by atoms with Gasteiger partial charge in [-0.05, 0) is 11.9 Å². The van der Waals surface area contributed by atoms with Crippen molar-refractivity contribution in [1.82, 2.24) is 0 Å². The standard InChI is InChI=1S/C5H7N2OP/c6-3-1-2-9-4(3)5(7)8/h1-2,9H,6H2,(H2,7,8). The van der Waals surface area contributed by atoms with Crippen molar-refractivity contribution in [3.8, 4) is 0 Å². The SMILES string of the molecule is NC(=O)c1[pH]ccc1N. The number of amides is 1. The molecule has 1 aromatic rings. The molecule has 4 N–H and O–H groups in total. The van der Waals surface area contributed by atoms with Gasteiger partial charge in [-0.25, -0.2) is 0 Å². The summed E-state index contributed by atoms with van der Waals surface area (Å²) in [5.74, 6) is 1.44. The molecule has 0 fully saturated rings. The maximum Gasteiger partial charge on any atom is 0.254 e. The smallest absolute Gasteiger partial charge is 0.254 e. The third kappa shape index (κ3) is 1.06. The Balaban J connectivity index is 3.08. The summed E-state index contributed by atoms with van der Waals surface area (Å²) in [4.78, 5) is 10.5. The minimum absolute atomic E-state index is 0.360. The number of hydrogen-bond donors (Lipinski definition) is 2. The second-order valence-electron chi connectivity index (χ2n) is 1.67. The molecule has 0 saturated carbocycles. The Morgan fingerprint density at radius 2 is 2.33 bits per heavy atom. The van der Waals surface area contributed by atoms with E-state index in [1.807, 2.05) is 5.80 Å². The van der Waals surface area contributed by atoms with Crippen LogP contribution in [0.25, 0.3) is 0 Å². The molecule has 0 aliphatic rings. The first-order valence-electron chi connectivity index (χ1n) is 2.44. The summed E-state index contributed by atoms with van der Waals surface area (Å²) in [7, 11) is 0.360. The van der Waals surface area contributed by atoms with Crippen molar-refractivity contribution in [2.45, 2.75) is 0 Å². The van der Waals surface area contributed by atoms with E-state index in [9.17, 15) is 4.79 Å². The van der Waals surface area contributed by atoms with Crippen molar-refractivity contribution in [2.24, 2.45) is 5.73 Å². The monoisotopic (exact) mass is 142 g/mol. The minimum atomic E-state index is -0.407. The highest BCUT2D eigenvalue weighted by molar-refractivity contribution is 7.32. The number of carbonyl (C=O) groups excluding carboxylic acids is 1. The molecular weight excluding hydrogens is 135 g/mol. The fourth-order valence-corrected chi connectivity index (χ4v) is 1.42. The summed E-state index contributed by atoms with van der Waals surface area (Å²) in [6.45, 7) is 0. The lowest BCUT2D eigenvalue weighted by molar-refractivity contribution is 0.100. The van der Waals surface area contributed by atoms with Crippen LogP contribution in [0.5, 0.6) is 0 Å². The molecule has 4 heteroatoms. The van der Waals surface area contributed by atoms with Crippen LogP contribution in [0.4, 0.5) is 5.69 Å². The topological polar surface area (TPSA) is 69.1 Å². The number of primary amides is 1. The van der Waals surface area contributed by atoms with Crippen LogP contribution in [-0.2, 0) is 0 Å². The van der Waals surface area contributed by atoms with Crippen molar-refractivity contribution in [3.05, 3.63) is 17.2 Å². The maximum atomic E-state index is 10.5. The molecule has 0 aliphatic carbocycles. The van der Waals surface area contributed by atoms with E-state index in [4.69, 9.17) is 11.5 Å². The predicted molar refractivity (Wildman–Crippen MR) is 38.9 cm³/mol. The summed E-state index contributed by atoms with van der Waals surface area (Å²) in [5.41, 5.74) is 10.9. The quantitative estimate of drug-likeness (QED) is 0.595. The van der Waals surface area contributed by atoms with Gasteiger partial charge in [0.05, 0.1) is 5.30 Å². The molecule has 1 rings (SSSR count). The van der Waals surface area contributed by atoms with Gasteiger partial charge < -0.3 is 11.5 Å². The van der Waals surface area contributed by atoms with Crippen molar-refractivity contribution < 1.29 is 4.79 Å². The van der Waals surface area contributed by atoms with Crippen LogP contribution in [0.1, 0.15) is 10.1 Å². The maximum absolute atomic E-state index is 10.5. The largest absolute Gasteiger partial charge is 0.398 e. The summed E-state index contributed by atoms with van der Waals surface area (Å²) in [6, 6.07) is 1.71. The Labute approximate surface area is 54.1 Å². The first-order chi connectivity index (χ1) is 4.22. The van der Waals surface area contributed by atoms with E-state index < -0.39 is 5.91 Å². The number of rotatable bonds is 1. The molecule has 0 saturated heterocycles. The third-order valence-electron chi connectivity index (χ3n) is 1.03. The van der Waals surface area contributed by atoms with E-state index in [1.165, 1.54) is 0 Å². The molecule has 0 spiro atoms. The van der Waals surface area contributed by atoms with E-state index in [2.05, 4.69) is 0 Å². The molecule has 1 amide bonds.